The van der Waals surface area contributed by atoms with E-state index in [2.05, 4.69) is 9.80 Å². The van der Waals surface area contributed by atoms with Gasteiger partial charge in [-0.2, -0.15) is 13.2 Å². The lowest BCUT2D eigenvalue weighted by Gasteiger charge is -2.36. The van der Waals surface area contributed by atoms with Crippen molar-refractivity contribution in [3.05, 3.63) is 84.4 Å². The number of fused-ring (bicyclic) bond motifs is 3. The van der Waals surface area contributed by atoms with Gasteiger partial charge in [0.25, 0.3) is 0 Å². The largest absolute Gasteiger partial charge is 0.496 e. The minimum atomic E-state index is -4.39. The molecule has 7 nitrogen and oxygen atoms in total. The molecular weight excluding hydrogens is 627 g/mol. The lowest BCUT2D eigenvalue weighted by Crippen LogP contribution is -2.48. The number of anilines is 2. The first-order chi connectivity index (χ1) is 22.7. The van der Waals surface area contributed by atoms with Crippen molar-refractivity contribution >= 4 is 39.9 Å². The number of rotatable bonds is 11. The second-order valence-electron chi connectivity index (χ2n) is 11.7. The van der Waals surface area contributed by atoms with Gasteiger partial charge in [-0.15, -0.1) is 0 Å². The molecule has 1 saturated heterocycles. The zero-order valence-electron chi connectivity index (χ0n) is 26.5. The van der Waals surface area contributed by atoms with E-state index in [1.54, 1.807) is 26.2 Å². The number of hydrogen-bond donors (Lipinski definition) is 0. The molecule has 1 unspecified atom stereocenters. The molecule has 4 aromatic rings. The van der Waals surface area contributed by atoms with Crippen LogP contribution in [0, 0.1) is 0 Å². The maximum Gasteiger partial charge on any atom is 0.416 e. The maximum atomic E-state index is 13.5. The van der Waals surface area contributed by atoms with Gasteiger partial charge in [0.15, 0.2) is 6.10 Å². The number of piperazine rings is 1. The molecule has 0 aromatic heterocycles. The van der Waals surface area contributed by atoms with Crippen molar-refractivity contribution in [2.45, 2.75) is 35.4 Å². The Bertz CT molecular complexity index is 1710. The van der Waals surface area contributed by atoms with Crippen LogP contribution in [0.3, 0.4) is 0 Å². The van der Waals surface area contributed by atoms with Crippen LogP contribution in [0.2, 0.25) is 0 Å². The zero-order valence-corrected chi connectivity index (χ0v) is 27.3. The van der Waals surface area contributed by atoms with Gasteiger partial charge in [-0.05, 0) is 62.4 Å². The number of carbonyl (C=O) groups is 1. The predicted octanol–water partition coefficient (Wildman–Crippen LogP) is 7.49. The van der Waals surface area contributed by atoms with Gasteiger partial charge in [0, 0.05) is 59.8 Å². The highest BCUT2D eigenvalue weighted by molar-refractivity contribution is 7.99. The molecule has 0 radical (unpaired) electrons. The zero-order chi connectivity index (χ0) is 33.0. The van der Waals surface area contributed by atoms with Gasteiger partial charge in [0.05, 0.1) is 24.0 Å². The molecule has 0 N–H and O–H groups in total. The van der Waals surface area contributed by atoms with Gasteiger partial charge in [-0.25, -0.2) is 4.79 Å². The fourth-order valence-corrected chi connectivity index (χ4v) is 7.17. The van der Waals surface area contributed by atoms with E-state index in [-0.39, 0.29) is 6.61 Å². The van der Waals surface area contributed by atoms with Gasteiger partial charge in [0.1, 0.15) is 18.1 Å². The monoisotopic (exact) mass is 665 g/mol. The number of alkyl halides is 3. The third-order valence-electron chi connectivity index (χ3n) is 8.63. The van der Waals surface area contributed by atoms with Gasteiger partial charge < -0.3 is 24.0 Å². The highest BCUT2D eigenvalue weighted by Crippen LogP contribution is 2.49. The lowest BCUT2D eigenvalue weighted by atomic mass is 10.1. The van der Waals surface area contributed by atoms with E-state index in [9.17, 15) is 18.0 Å². The van der Waals surface area contributed by atoms with Crippen molar-refractivity contribution in [2.24, 2.45) is 0 Å². The van der Waals surface area contributed by atoms with Crippen LogP contribution in [0.4, 0.5) is 24.5 Å². The number of hydrogen-bond acceptors (Lipinski definition) is 8. The maximum absolute atomic E-state index is 13.5. The molecule has 0 bridgehead atoms. The molecule has 0 aliphatic carbocycles. The van der Waals surface area contributed by atoms with Gasteiger partial charge in [-0.3, -0.25) is 4.90 Å². The van der Waals surface area contributed by atoms with E-state index in [1.807, 2.05) is 59.5 Å². The summed E-state index contributed by atoms with van der Waals surface area (Å²) in [6.07, 6.45) is -4.34. The number of methoxy groups -OCH3 is 1. The molecule has 1 fully saturated rings. The second kappa shape index (κ2) is 14.5. The molecule has 2 aliphatic rings. The highest BCUT2D eigenvalue weighted by atomic mass is 32.2. The smallest absolute Gasteiger partial charge is 0.416 e. The molecule has 0 amide bonds. The highest BCUT2D eigenvalue weighted by Gasteiger charge is 2.33. The molecule has 1 atom stereocenters. The molecule has 4 aromatic carbocycles. The van der Waals surface area contributed by atoms with Gasteiger partial charge >= 0.3 is 12.1 Å². The summed E-state index contributed by atoms with van der Waals surface area (Å²) in [6, 6.07) is 23.3. The van der Waals surface area contributed by atoms with E-state index >= 15 is 0 Å². The summed E-state index contributed by atoms with van der Waals surface area (Å²) in [5.74, 6) is 0.926. The Balaban J connectivity index is 0.951. The Morgan fingerprint density at radius 3 is 2.17 bits per heavy atom. The SMILES string of the molecule is COc1ccc(OC(C)C(=O)OCCN2CCN(CCCN3c4ccccc4Sc4ccc(C(F)(F)F)cc43)CC2)c2ccccc12. The van der Waals surface area contributed by atoms with E-state index in [1.165, 1.54) is 17.8 Å². The topological polar surface area (TPSA) is 54.5 Å². The Morgan fingerprint density at radius 2 is 1.45 bits per heavy atom. The van der Waals surface area contributed by atoms with Crippen LogP contribution in [0.25, 0.3) is 10.8 Å². The van der Waals surface area contributed by atoms with Crippen molar-refractivity contribution < 1.29 is 32.2 Å². The number of esters is 1. The number of benzene rings is 4. The third-order valence-corrected chi connectivity index (χ3v) is 9.76. The fourth-order valence-electron chi connectivity index (χ4n) is 6.09. The Morgan fingerprint density at radius 1 is 0.809 bits per heavy atom. The first-order valence-electron chi connectivity index (χ1n) is 15.8. The summed E-state index contributed by atoms with van der Waals surface area (Å²) in [5, 5.41) is 1.78. The van der Waals surface area contributed by atoms with Crippen LogP contribution in [0.1, 0.15) is 18.9 Å². The van der Waals surface area contributed by atoms with Gasteiger partial charge in [0.2, 0.25) is 0 Å². The minimum Gasteiger partial charge on any atom is -0.496 e. The van der Waals surface area contributed by atoms with Crippen LogP contribution in [0.15, 0.2) is 88.7 Å². The molecule has 6 rings (SSSR count). The lowest BCUT2D eigenvalue weighted by molar-refractivity contribution is -0.151. The minimum absolute atomic E-state index is 0.279. The van der Waals surface area contributed by atoms with Crippen molar-refractivity contribution in [2.75, 3.05) is 64.4 Å². The quantitative estimate of drug-likeness (QED) is 0.153. The summed E-state index contributed by atoms with van der Waals surface area (Å²) < 4.78 is 57.6. The first kappa shape index (κ1) is 33.0. The first-order valence-corrected chi connectivity index (χ1v) is 16.6. The normalized spacial score (nSPS) is 16.0. The Kier molecular flexibility index (Phi) is 10.1. The summed E-state index contributed by atoms with van der Waals surface area (Å²) in [6.45, 7) is 7.52. The summed E-state index contributed by atoms with van der Waals surface area (Å²) in [4.78, 5) is 21.3. The van der Waals surface area contributed by atoms with E-state index in [0.29, 0.717) is 24.5 Å². The summed E-state index contributed by atoms with van der Waals surface area (Å²) in [5.41, 5.74) is 0.927. The number of ether oxygens (including phenoxy) is 3. The van der Waals surface area contributed by atoms with E-state index < -0.39 is 23.8 Å². The Hall–Kier alpha value is -3.93. The van der Waals surface area contributed by atoms with Crippen LogP contribution in [0.5, 0.6) is 11.5 Å². The average molecular weight is 666 g/mol. The van der Waals surface area contributed by atoms with Crippen LogP contribution in [-0.2, 0) is 15.7 Å². The Labute approximate surface area is 277 Å². The molecule has 248 valence electrons. The van der Waals surface area contributed by atoms with E-state index in [4.69, 9.17) is 14.2 Å². The number of carbonyl (C=O) groups excluding carboxylic acids is 1. The molecule has 0 spiro atoms. The second-order valence-corrected chi connectivity index (χ2v) is 12.8. The molecule has 0 saturated carbocycles. The van der Waals surface area contributed by atoms with Crippen LogP contribution in [-0.4, -0.2) is 81.4 Å². The van der Waals surface area contributed by atoms with E-state index in [0.717, 1.165) is 77.2 Å². The summed E-state index contributed by atoms with van der Waals surface area (Å²) in [7, 11) is 1.62. The predicted molar refractivity (Wildman–Crippen MR) is 178 cm³/mol. The molecular formula is C36H38F3N3O4S. The number of para-hydroxylation sites is 1. The van der Waals surface area contributed by atoms with Crippen LogP contribution < -0.4 is 14.4 Å². The fraction of sp³-hybridized carbons (Fsp3) is 0.361. The molecule has 11 heteroatoms. The molecule has 2 aliphatic heterocycles. The van der Waals surface area contributed by atoms with Crippen molar-refractivity contribution in [3.63, 3.8) is 0 Å². The van der Waals surface area contributed by atoms with Crippen molar-refractivity contribution in [3.8, 4) is 11.5 Å². The molecule has 2 heterocycles. The number of nitrogens with zero attached hydrogens (tertiary/aromatic N) is 3. The van der Waals surface area contributed by atoms with Crippen LogP contribution >= 0.6 is 11.8 Å². The van der Waals surface area contributed by atoms with Crippen molar-refractivity contribution in [1.82, 2.24) is 9.80 Å². The number of halogens is 3. The van der Waals surface area contributed by atoms with Gasteiger partial charge in [-0.1, -0.05) is 48.2 Å². The average Bonchev–Trinajstić information content (AvgIpc) is 3.08. The van der Waals surface area contributed by atoms with Crippen molar-refractivity contribution in [1.29, 1.82) is 0 Å². The standard InChI is InChI=1S/C36H38F3N3O4S/c1-25(46-32-14-13-31(44-2)27-8-3-4-9-28(27)32)35(43)45-23-22-41-20-18-40(19-21-41)16-7-17-42-29-10-5-6-11-33(29)47-34-15-12-26(24-30(34)42)36(37,38)39/h3-6,8-15,24-25H,7,16-23H2,1-2H3. The third kappa shape index (κ3) is 7.63. The summed E-state index contributed by atoms with van der Waals surface area (Å²) >= 11 is 1.51. The molecule has 47 heavy (non-hydrogen) atoms.